The van der Waals surface area contributed by atoms with Crippen LogP contribution in [0.4, 0.5) is 5.82 Å². The third-order valence-corrected chi connectivity index (χ3v) is 2.22. The first-order valence-corrected chi connectivity index (χ1v) is 5.69. The molecule has 84 valence electrons. The lowest BCUT2D eigenvalue weighted by Gasteiger charge is -1.98. The number of hydrogen-bond acceptors (Lipinski definition) is 2. The van der Waals surface area contributed by atoms with Crippen LogP contribution in [0, 0.1) is 0 Å². The van der Waals surface area contributed by atoms with E-state index in [1.807, 2.05) is 6.07 Å². The van der Waals surface area contributed by atoms with E-state index in [-0.39, 0.29) is 5.91 Å². The van der Waals surface area contributed by atoms with Gasteiger partial charge in [0.15, 0.2) is 5.82 Å². The number of aromatic nitrogens is 2. The maximum atomic E-state index is 11.3. The second-order valence-corrected chi connectivity index (χ2v) is 3.75. The quantitative estimate of drug-likeness (QED) is 0.736. The number of alkyl halides is 1. The summed E-state index contributed by atoms with van der Waals surface area (Å²) in [6.45, 7) is 2.10. The molecule has 0 aromatic carbocycles. The van der Waals surface area contributed by atoms with E-state index in [0.717, 1.165) is 18.5 Å². The summed E-state index contributed by atoms with van der Waals surface area (Å²) in [5.74, 6) is 1.07. The first-order valence-electron chi connectivity index (χ1n) is 5.16. The highest BCUT2D eigenvalue weighted by atomic mass is 35.5. The van der Waals surface area contributed by atoms with Gasteiger partial charge in [0.2, 0.25) is 5.91 Å². The minimum absolute atomic E-state index is 0.0369. The SMILES string of the molecule is CCCc1cc(NC(=O)CCCCl)n[nH]1. The summed E-state index contributed by atoms with van der Waals surface area (Å²) in [5, 5.41) is 9.59. The first-order chi connectivity index (χ1) is 7.26. The fourth-order valence-corrected chi connectivity index (χ4v) is 1.39. The highest BCUT2D eigenvalue weighted by Gasteiger charge is 2.04. The Labute approximate surface area is 94.4 Å². The molecule has 0 unspecified atom stereocenters. The lowest BCUT2D eigenvalue weighted by Crippen LogP contribution is -2.11. The zero-order valence-electron chi connectivity index (χ0n) is 8.85. The van der Waals surface area contributed by atoms with Gasteiger partial charge in [-0.1, -0.05) is 13.3 Å². The molecule has 0 aliphatic heterocycles. The summed E-state index contributed by atoms with van der Waals surface area (Å²) in [6, 6.07) is 1.86. The summed E-state index contributed by atoms with van der Waals surface area (Å²) >= 11 is 5.49. The van der Waals surface area contributed by atoms with E-state index >= 15 is 0 Å². The number of aryl methyl sites for hydroxylation is 1. The van der Waals surface area contributed by atoms with Crippen LogP contribution in [0.3, 0.4) is 0 Å². The number of rotatable bonds is 6. The monoisotopic (exact) mass is 229 g/mol. The largest absolute Gasteiger partial charge is 0.309 e. The maximum absolute atomic E-state index is 11.3. The van der Waals surface area contributed by atoms with Gasteiger partial charge in [-0.15, -0.1) is 11.6 Å². The Hall–Kier alpha value is -1.03. The molecule has 15 heavy (non-hydrogen) atoms. The predicted octanol–water partition coefficient (Wildman–Crippen LogP) is 2.32. The molecule has 1 heterocycles. The van der Waals surface area contributed by atoms with Crippen LogP contribution < -0.4 is 5.32 Å². The van der Waals surface area contributed by atoms with Crippen molar-refractivity contribution in [2.24, 2.45) is 0 Å². The summed E-state index contributed by atoms with van der Waals surface area (Å²) in [6.07, 6.45) is 3.14. The van der Waals surface area contributed by atoms with Gasteiger partial charge >= 0.3 is 0 Å². The van der Waals surface area contributed by atoms with Gasteiger partial charge in [0.1, 0.15) is 0 Å². The molecule has 0 aliphatic rings. The van der Waals surface area contributed by atoms with E-state index < -0.39 is 0 Å². The fourth-order valence-electron chi connectivity index (χ4n) is 1.26. The number of hydrogen-bond donors (Lipinski definition) is 2. The topological polar surface area (TPSA) is 57.8 Å². The normalized spacial score (nSPS) is 10.3. The van der Waals surface area contributed by atoms with Gasteiger partial charge in [-0.2, -0.15) is 5.10 Å². The molecule has 2 N–H and O–H groups in total. The van der Waals surface area contributed by atoms with Gasteiger partial charge in [0.05, 0.1) is 0 Å². The van der Waals surface area contributed by atoms with Crippen LogP contribution in [0.1, 0.15) is 31.9 Å². The lowest BCUT2D eigenvalue weighted by atomic mass is 10.2. The van der Waals surface area contributed by atoms with Crippen molar-refractivity contribution in [3.8, 4) is 0 Å². The van der Waals surface area contributed by atoms with Crippen molar-refractivity contribution in [3.05, 3.63) is 11.8 Å². The molecular weight excluding hydrogens is 214 g/mol. The average molecular weight is 230 g/mol. The van der Waals surface area contributed by atoms with Crippen molar-refractivity contribution >= 4 is 23.3 Å². The molecule has 4 nitrogen and oxygen atoms in total. The molecule has 0 spiro atoms. The molecule has 0 saturated carbocycles. The minimum Gasteiger partial charge on any atom is -0.309 e. The standard InChI is InChI=1S/C10H16ClN3O/c1-2-4-8-7-9(14-13-8)12-10(15)5-3-6-11/h7H,2-6H2,1H3,(H2,12,13,14,15). The van der Waals surface area contributed by atoms with Gasteiger partial charge in [0.25, 0.3) is 0 Å². The van der Waals surface area contributed by atoms with E-state index in [0.29, 0.717) is 24.5 Å². The van der Waals surface area contributed by atoms with Crippen molar-refractivity contribution < 1.29 is 4.79 Å². The number of aromatic amines is 1. The highest BCUT2D eigenvalue weighted by Crippen LogP contribution is 2.08. The second-order valence-electron chi connectivity index (χ2n) is 3.37. The zero-order valence-corrected chi connectivity index (χ0v) is 9.60. The second kappa shape index (κ2) is 6.45. The van der Waals surface area contributed by atoms with Gasteiger partial charge in [-0.05, 0) is 12.8 Å². The van der Waals surface area contributed by atoms with E-state index in [1.165, 1.54) is 0 Å². The average Bonchev–Trinajstić information content (AvgIpc) is 2.63. The molecule has 5 heteroatoms. The molecule has 1 rings (SSSR count). The molecule has 0 aliphatic carbocycles. The number of carbonyl (C=O) groups is 1. The van der Waals surface area contributed by atoms with Crippen molar-refractivity contribution in [2.75, 3.05) is 11.2 Å². The maximum Gasteiger partial charge on any atom is 0.225 e. The smallest absolute Gasteiger partial charge is 0.225 e. The van der Waals surface area contributed by atoms with Crippen molar-refractivity contribution in [3.63, 3.8) is 0 Å². The molecule has 0 fully saturated rings. The third kappa shape index (κ3) is 4.34. The molecule has 1 aromatic heterocycles. The summed E-state index contributed by atoms with van der Waals surface area (Å²) < 4.78 is 0. The van der Waals surface area contributed by atoms with Gasteiger partial charge in [-0.3, -0.25) is 9.89 Å². The number of carbonyl (C=O) groups excluding carboxylic acids is 1. The van der Waals surface area contributed by atoms with E-state index in [4.69, 9.17) is 11.6 Å². The Bertz CT molecular complexity index is 311. The van der Waals surface area contributed by atoms with Crippen LogP contribution in [0.2, 0.25) is 0 Å². The molecule has 0 saturated heterocycles. The number of halogens is 1. The van der Waals surface area contributed by atoms with Crippen molar-refractivity contribution in [1.29, 1.82) is 0 Å². The zero-order chi connectivity index (χ0) is 11.1. The molecule has 0 atom stereocenters. The molecule has 0 radical (unpaired) electrons. The van der Waals surface area contributed by atoms with E-state index in [1.54, 1.807) is 0 Å². The van der Waals surface area contributed by atoms with Gasteiger partial charge < -0.3 is 5.32 Å². The Morgan fingerprint density at radius 2 is 2.47 bits per heavy atom. The van der Waals surface area contributed by atoms with Crippen molar-refractivity contribution in [1.82, 2.24) is 10.2 Å². The first kappa shape index (κ1) is 12.0. The van der Waals surface area contributed by atoms with Gasteiger partial charge in [0, 0.05) is 24.1 Å². The Morgan fingerprint density at radius 3 is 3.13 bits per heavy atom. The third-order valence-electron chi connectivity index (χ3n) is 1.96. The number of amides is 1. The summed E-state index contributed by atoms with van der Waals surface area (Å²) in [5.41, 5.74) is 1.05. The number of anilines is 1. The van der Waals surface area contributed by atoms with Gasteiger partial charge in [-0.25, -0.2) is 0 Å². The number of nitrogens with zero attached hydrogens (tertiary/aromatic N) is 1. The predicted molar refractivity (Wildman–Crippen MR) is 61.2 cm³/mol. The van der Waals surface area contributed by atoms with Crippen LogP contribution in [-0.2, 0) is 11.2 Å². The molecule has 0 bridgehead atoms. The number of H-pyrrole nitrogens is 1. The van der Waals surface area contributed by atoms with E-state index in [9.17, 15) is 4.79 Å². The fraction of sp³-hybridized carbons (Fsp3) is 0.600. The Morgan fingerprint density at radius 1 is 1.67 bits per heavy atom. The van der Waals surface area contributed by atoms with Crippen LogP contribution >= 0.6 is 11.6 Å². The van der Waals surface area contributed by atoms with Crippen LogP contribution in [-0.4, -0.2) is 22.0 Å². The van der Waals surface area contributed by atoms with Crippen LogP contribution in [0.5, 0.6) is 0 Å². The van der Waals surface area contributed by atoms with Crippen LogP contribution in [0.25, 0.3) is 0 Å². The lowest BCUT2D eigenvalue weighted by molar-refractivity contribution is -0.116. The molecular formula is C10H16ClN3O. The molecule has 1 aromatic rings. The summed E-state index contributed by atoms with van der Waals surface area (Å²) in [7, 11) is 0. The Balaban J connectivity index is 2.39. The van der Waals surface area contributed by atoms with Crippen LogP contribution in [0.15, 0.2) is 6.07 Å². The Kier molecular flexibility index (Phi) is 5.18. The minimum atomic E-state index is -0.0369. The highest BCUT2D eigenvalue weighted by molar-refractivity contribution is 6.18. The van der Waals surface area contributed by atoms with E-state index in [2.05, 4.69) is 22.4 Å². The number of nitrogens with one attached hydrogen (secondary N) is 2. The molecule has 1 amide bonds. The van der Waals surface area contributed by atoms with Crippen molar-refractivity contribution in [2.45, 2.75) is 32.6 Å². The summed E-state index contributed by atoms with van der Waals surface area (Å²) in [4.78, 5) is 11.3.